The van der Waals surface area contributed by atoms with E-state index in [0.717, 1.165) is 19.1 Å². The van der Waals surface area contributed by atoms with Gasteiger partial charge in [0.25, 0.3) is 0 Å². The number of hydrogen-bond donors (Lipinski definition) is 1. The highest BCUT2D eigenvalue weighted by Gasteiger charge is 2.30. The van der Waals surface area contributed by atoms with E-state index < -0.39 is 0 Å². The summed E-state index contributed by atoms with van der Waals surface area (Å²) in [7, 11) is 4.45. The van der Waals surface area contributed by atoms with Gasteiger partial charge in [0.05, 0.1) is 0 Å². The molecule has 2 fully saturated rings. The lowest BCUT2D eigenvalue weighted by Crippen LogP contribution is -2.58. The quantitative estimate of drug-likeness (QED) is 0.740. The first-order valence-corrected chi connectivity index (χ1v) is 7.03. The molecule has 17 heavy (non-hydrogen) atoms. The van der Waals surface area contributed by atoms with E-state index in [4.69, 9.17) is 5.73 Å². The molecule has 0 spiro atoms. The Hall–Kier alpha value is -0.160. The Bertz CT molecular complexity index is 233. The summed E-state index contributed by atoms with van der Waals surface area (Å²) in [6.45, 7) is 6.85. The predicted molar refractivity (Wildman–Crippen MR) is 72.2 cm³/mol. The summed E-state index contributed by atoms with van der Waals surface area (Å²) in [6, 6.07) is 1.34. The van der Waals surface area contributed by atoms with Gasteiger partial charge in [-0.05, 0) is 46.4 Å². The van der Waals surface area contributed by atoms with Crippen LogP contribution in [-0.2, 0) is 0 Å². The normalized spacial score (nSPS) is 34.8. The van der Waals surface area contributed by atoms with Crippen LogP contribution < -0.4 is 5.73 Å². The first-order chi connectivity index (χ1) is 8.20. The number of rotatable bonds is 2. The summed E-state index contributed by atoms with van der Waals surface area (Å²) in [5, 5.41) is 0. The topological polar surface area (TPSA) is 35.7 Å². The average Bonchev–Trinajstić information content (AvgIpc) is 2.54. The third kappa shape index (κ3) is 3.41. The van der Waals surface area contributed by atoms with Crippen molar-refractivity contribution in [3.63, 3.8) is 0 Å². The van der Waals surface area contributed by atoms with E-state index in [0.29, 0.717) is 6.04 Å². The zero-order valence-corrected chi connectivity index (χ0v) is 11.4. The van der Waals surface area contributed by atoms with E-state index in [1.54, 1.807) is 0 Å². The summed E-state index contributed by atoms with van der Waals surface area (Å²) >= 11 is 0. The maximum Gasteiger partial charge on any atom is 0.0349 e. The molecular weight excluding hydrogens is 212 g/mol. The van der Waals surface area contributed by atoms with Gasteiger partial charge >= 0.3 is 0 Å². The van der Waals surface area contributed by atoms with Crippen molar-refractivity contribution < 1.29 is 0 Å². The Morgan fingerprint density at radius 2 is 1.82 bits per heavy atom. The van der Waals surface area contributed by atoms with Crippen LogP contribution in [0, 0.1) is 0 Å². The minimum Gasteiger partial charge on any atom is -0.329 e. The van der Waals surface area contributed by atoms with E-state index >= 15 is 0 Å². The van der Waals surface area contributed by atoms with Crippen molar-refractivity contribution >= 4 is 0 Å². The van der Waals surface area contributed by atoms with Crippen molar-refractivity contribution in [1.82, 2.24) is 14.7 Å². The zero-order valence-electron chi connectivity index (χ0n) is 11.4. The molecule has 4 heteroatoms. The van der Waals surface area contributed by atoms with Crippen molar-refractivity contribution in [2.75, 3.05) is 53.4 Å². The van der Waals surface area contributed by atoms with Gasteiger partial charge in [0.1, 0.15) is 0 Å². The molecule has 2 aliphatic heterocycles. The molecule has 0 saturated carbocycles. The average molecular weight is 240 g/mol. The fourth-order valence-electron chi connectivity index (χ4n) is 3.27. The minimum atomic E-state index is 0.571. The Balaban J connectivity index is 1.94. The second-order valence-electron chi connectivity index (χ2n) is 5.78. The molecule has 0 bridgehead atoms. The van der Waals surface area contributed by atoms with Gasteiger partial charge in [-0.2, -0.15) is 0 Å². The van der Waals surface area contributed by atoms with Crippen LogP contribution in [0.1, 0.15) is 19.3 Å². The molecule has 2 unspecified atom stereocenters. The van der Waals surface area contributed by atoms with Gasteiger partial charge in [-0.1, -0.05) is 0 Å². The standard InChI is InChI=1S/C13H28N4/c1-15-6-3-4-12(5-7-15)17-9-8-16(2)11-13(17)10-14/h12-13H,3-11,14H2,1-2H3. The van der Waals surface area contributed by atoms with Crippen LogP contribution in [0.3, 0.4) is 0 Å². The molecule has 2 atom stereocenters. The highest BCUT2D eigenvalue weighted by molar-refractivity contribution is 4.87. The third-order valence-electron chi connectivity index (χ3n) is 4.39. The number of likely N-dealkylation sites (N-methyl/N-ethyl adjacent to an activating group) is 1. The van der Waals surface area contributed by atoms with Crippen molar-refractivity contribution in [2.45, 2.75) is 31.3 Å². The molecule has 4 nitrogen and oxygen atoms in total. The van der Waals surface area contributed by atoms with Crippen LogP contribution in [0.5, 0.6) is 0 Å². The highest BCUT2D eigenvalue weighted by atomic mass is 15.3. The smallest absolute Gasteiger partial charge is 0.0349 e. The first kappa shape index (κ1) is 13.3. The van der Waals surface area contributed by atoms with Crippen LogP contribution in [0.25, 0.3) is 0 Å². The number of hydrogen-bond acceptors (Lipinski definition) is 4. The van der Waals surface area contributed by atoms with E-state index in [9.17, 15) is 0 Å². The van der Waals surface area contributed by atoms with Crippen molar-refractivity contribution in [3.05, 3.63) is 0 Å². The molecule has 0 aliphatic carbocycles. The molecular formula is C13H28N4. The van der Waals surface area contributed by atoms with Crippen LogP contribution in [-0.4, -0.2) is 80.1 Å². The monoisotopic (exact) mass is 240 g/mol. The molecule has 2 N–H and O–H groups in total. The molecule has 2 heterocycles. The minimum absolute atomic E-state index is 0.571. The van der Waals surface area contributed by atoms with Crippen LogP contribution in [0.4, 0.5) is 0 Å². The number of nitrogens with two attached hydrogens (primary N) is 1. The van der Waals surface area contributed by atoms with Crippen LogP contribution in [0.15, 0.2) is 0 Å². The summed E-state index contributed by atoms with van der Waals surface area (Å²) in [5.74, 6) is 0. The molecule has 0 amide bonds. The van der Waals surface area contributed by atoms with Crippen LogP contribution >= 0.6 is 0 Å². The number of nitrogens with zero attached hydrogens (tertiary/aromatic N) is 3. The lowest BCUT2D eigenvalue weighted by atomic mass is 10.0. The Kier molecular flexibility index (Phi) is 4.79. The second kappa shape index (κ2) is 6.14. The SMILES string of the molecule is CN1CCCC(N2CCN(C)CC2CN)CC1. The Labute approximate surface area is 106 Å². The van der Waals surface area contributed by atoms with Gasteiger partial charge in [-0.25, -0.2) is 0 Å². The fraction of sp³-hybridized carbons (Fsp3) is 1.00. The zero-order chi connectivity index (χ0) is 12.3. The van der Waals surface area contributed by atoms with E-state index in [1.165, 1.54) is 45.4 Å². The number of piperazine rings is 1. The lowest BCUT2D eigenvalue weighted by Gasteiger charge is -2.44. The Morgan fingerprint density at radius 3 is 2.59 bits per heavy atom. The van der Waals surface area contributed by atoms with Gasteiger partial charge in [0.15, 0.2) is 0 Å². The van der Waals surface area contributed by atoms with E-state index in [2.05, 4.69) is 28.8 Å². The summed E-state index contributed by atoms with van der Waals surface area (Å²) in [4.78, 5) is 7.57. The second-order valence-corrected chi connectivity index (χ2v) is 5.78. The van der Waals surface area contributed by atoms with Gasteiger partial charge in [-0.3, -0.25) is 4.90 Å². The van der Waals surface area contributed by atoms with Crippen molar-refractivity contribution in [2.24, 2.45) is 5.73 Å². The molecule has 0 aromatic carbocycles. The van der Waals surface area contributed by atoms with Crippen molar-refractivity contribution in [1.29, 1.82) is 0 Å². The van der Waals surface area contributed by atoms with E-state index in [-0.39, 0.29) is 0 Å². The largest absolute Gasteiger partial charge is 0.329 e. The highest BCUT2D eigenvalue weighted by Crippen LogP contribution is 2.20. The summed E-state index contributed by atoms with van der Waals surface area (Å²) in [6.07, 6.45) is 4.01. The lowest BCUT2D eigenvalue weighted by molar-refractivity contribution is 0.0503. The maximum atomic E-state index is 5.95. The first-order valence-electron chi connectivity index (χ1n) is 7.03. The Morgan fingerprint density at radius 1 is 1.00 bits per heavy atom. The molecule has 2 aliphatic rings. The predicted octanol–water partition coefficient (Wildman–Crippen LogP) is 0.0454. The summed E-state index contributed by atoms with van der Waals surface area (Å²) in [5.41, 5.74) is 5.95. The van der Waals surface area contributed by atoms with Gasteiger partial charge in [0, 0.05) is 38.3 Å². The molecule has 2 saturated heterocycles. The van der Waals surface area contributed by atoms with Gasteiger partial charge in [-0.15, -0.1) is 0 Å². The van der Waals surface area contributed by atoms with Crippen LogP contribution in [0.2, 0.25) is 0 Å². The molecule has 0 aromatic heterocycles. The molecule has 2 rings (SSSR count). The molecule has 100 valence electrons. The van der Waals surface area contributed by atoms with Gasteiger partial charge < -0.3 is 15.5 Å². The number of likely N-dealkylation sites (tertiary alicyclic amines) is 1. The van der Waals surface area contributed by atoms with Gasteiger partial charge in [0.2, 0.25) is 0 Å². The molecule has 0 aromatic rings. The summed E-state index contributed by atoms with van der Waals surface area (Å²) < 4.78 is 0. The third-order valence-corrected chi connectivity index (χ3v) is 4.39. The fourth-order valence-corrected chi connectivity index (χ4v) is 3.27. The maximum absolute atomic E-state index is 5.95. The van der Waals surface area contributed by atoms with E-state index in [1.807, 2.05) is 0 Å². The molecule has 0 radical (unpaired) electrons. The van der Waals surface area contributed by atoms with Crippen molar-refractivity contribution in [3.8, 4) is 0 Å².